The number of aryl methyl sites for hydroxylation is 1. The third kappa shape index (κ3) is 3.96. The van der Waals surface area contributed by atoms with Crippen LogP contribution in [0.2, 0.25) is 0 Å². The number of halogens is 1. The van der Waals surface area contributed by atoms with E-state index in [0.717, 1.165) is 16.7 Å². The molecule has 2 aliphatic rings. The van der Waals surface area contributed by atoms with Crippen LogP contribution in [0.1, 0.15) is 32.6 Å². The number of non-ortho nitro benzene ring substituents is 1. The van der Waals surface area contributed by atoms with Crippen molar-refractivity contribution in [2.45, 2.75) is 20.0 Å². The van der Waals surface area contributed by atoms with Crippen molar-refractivity contribution in [2.24, 2.45) is 0 Å². The SMILES string of the molecule is Cc1cc2c(c3c1C(=O)/C(=C/c1cccc([N+](=O)[O-])c1)O3)CN(Cc1ccc(F)cc1)CO2. The third-order valence-corrected chi connectivity index (χ3v) is 5.69. The Morgan fingerprint density at radius 1 is 1.18 bits per heavy atom. The van der Waals surface area contributed by atoms with Gasteiger partial charge in [0, 0.05) is 25.2 Å². The summed E-state index contributed by atoms with van der Waals surface area (Å²) in [6.45, 7) is 3.22. The second-order valence-corrected chi connectivity index (χ2v) is 8.05. The molecule has 0 amide bonds. The number of carbonyl (C=O) groups excluding carboxylic acids is 1. The molecule has 0 fully saturated rings. The van der Waals surface area contributed by atoms with E-state index in [1.54, 1.807) is 24.3 Å². The molecular formula is C25H19FN2O5. The Balaban J connectivity index is 1.45. The lowest BCUT2D eigenvalue weighted by Crippen LogP contribution is -2.31. The highest BCUT2D eigenvalue weighted by Gasteiger charge is 2.35. The Morgan fingerprint density at radius 2 is 1.97 bits per heavy atom. The van der Waals surface area contributed by atoms with Crippen molar-refractivity contribution in [1.29, 1.82) is 0 Å². The van der Waals surface area contributed by atoms with Gasteiger partial charge in [0.25, 0.3) is 5.69 Å². The van der Waals surface area contributed by atoms with Gasteiger partial charge in [-0.15, -0.1) is 0 Å². The van der Waals surface area contributed by atoms with Gasteiger partial charge in [0.2, 0.25) is 5.78 Å². The first kappa shape index (κ1) is 20.8. The number of Topliss-reactive ketones (excluding diaryl/α,β-unsaturated/α-hetero) is 1. The summed E-state index contributed by atoms with van der Waals surface area (Å²) in [6.07, 6.45) is 1.52. The molecule has 0 radical (unpaired) electrons. The molecular weight excluding hydrogens is 427 g/mol. The number of nitro benzene ring substituents is 1. The van der Waals surface area contributed by atoms with Gasteiger partial charge in [-0.05, 0) is 47.9 Å². The molecule has 0 bridgehead atoms. The first-order chi connectivity index (χ1) is 15.9. The van der Waals surface area contributed by atoms with Crippen molar-refractivity contribution in [2.75, 3.05) is 6.73 Å². The highest BCUT2D eigenvalue weighted by molar-refractivity contribution is 6.15. The molecule has 2 heterocycles. The number of nitrogens with zero attached hydrogens (tertiary/aromatic N) is 2. The van der Waals surface area contributed by atoms with Gasteiger partial charge < -0.3 is 9.47 Å². The van der Waals surface area contributed by atoms with Gasteiger partial charge in [-0.25, -0.2) is 4.39 Å². The molecule has 166 valence electrons. The van der Waals surface area contributed by atoms with Gasteiger partial charge in [0.1, 0.15) is 24.0 Å². The highest BCUT2D eigenvalue weighted by atomic mass is 19.1. The molecule has 0 atom stereocenters. The molecule has 0 aromatic heterocycles. The van der Waals surface area contributed by atoms with Crippen LogP contribution in [0.5, 0.6) is 11.5 Å². The molecule has 2 aliphatic heterocycles. The Bertz CT molecular complexity index is 1320. The summed E-state index contributed by atoms with van der Waals surface area (Å²) in [5.41, 5.74) is 3.35. The van der Waals surface area contributed by atoms with Crippen LogP contribution in [0.3, 0.4) is 0 Å². The molecule has 0 aliphatic carbocycles. The summed E-state index contributed by atoms with van der Waals surface area (Å²) in [5, 5.41) is 11.1. The predicted molar refractivity (Wildman–Crippen MR) is 118 cm³/mol. The number of hydrogen-bond acceptors (Lipinski definition) is 6. The van der Waals surface area contributed by atoms with Gasteiger partial charge in [-0.3, -0.25) is 19.8 Å². The number of rotatable bonds is 4. The number of carbonyl (C=O) groups is 1. The minimum absolute atomic E-state index is 0.0642. The maximum atomic E-state index is 13.2. The summed E-state index contributed by atoms with van der Waals surface area (Å²) in [6, 6.07) is 14.1. The van der Waals surface area contributed by atoms with E-state index >= 15 is 0 Å². The number of benzene rings is 3. The van der Waals surface area contributed by atoms with Crippen LogP contribution in [-0.2, 0) is 13.1 Å². The van der Waals surface area contributed by atoms with Gasteiger partial charge >= 0.3 is 0 Å². The standard InChI is InChI=1S/C25H19FN2O5/c1-15-9-21-20(13-27(14-32-21)12-16-5-7-18(26)8-6-16)25-23(15)24(29)22(33-25)11-17-3-2-4-19(10-17)28(30)31/h2-11H,12-14H2,1H3/b22-11-. The second kappa shape index (κ2) is 8.14. The van der Waals surface area contributed by atoms with E-state index in [1.165, 1.54) is 30.3 Å². The third-order valence-electron chi connectivity index (χ3n) is 5.69. The molecule has 33 heavy (non-hydrogen) atoms. The van der Waals surface area contributed by atoms with Crippen LogP contribution < -0.4 is 9.47 Å². The fourth-order valence-corrected chi connectivity index (χ4v) is 4.10. The van der Waals surface area contributed by atoms with Crippen LogP contribution in [0.4, 0.5) is 10.1 Å². The predicted octanol–water partition coefficient (Wildman–Crippen LogP) is 5.01. The number of fused-ring (bicyclic) bond motifs is 3. The first-order valence-corrected chi connectivity index (χ1v) is 10.3. The number of nitro groups is 1. The van der Waals surface area contributed by atoms with Crippen LogP contribution >= 0.6 is 0 Å². The fourth-order valence-electron chi connectivity index (χ4n) is 4.10. The lowest BCUT2D eigenvalue weighted by atomic mass is 9.98. The van der Waals surface area contributed by atoms with Crippen molar-refractivity contribution in [3.8, 4) is 11.5 Å². The molecule has 8 heteroatoms. The van der Waals surface area contributed by atoms with Crippen LogP contribution in [-0.4, -0.2) is 22.3 Å². The average molecular weight is 446 g/mol. The molecule has 7 nitrogen and oxygen atoms in total. The molecule has 3 aromatic carbocycles. The van der Waals surface area contributed by atoms with Gasteiger partial charge in [0.05, 0.1) is 16.1 Å². The molecule has 0 saturated heterocycles. The monoisotopic (exact) mass is 446 g/mol. The first-order valence-electron chi connectivity index (χ1n) is 10.3. The number of allylic oxidation sites excluding steroid dienone is 1. The normalized spacial score (nSPS) is 16.2. The maximum Gasteiger partial charge on any atom is 0.270 e. The molecule has 0 unspecified atom stereocenters. The average Bonchev–Trinajstić information content (AvgIpc) is 3.13. The van der Waals surface area contributed by atoms with Crippen LogP contribution in [0.25, 0.3) is 6.08 Å². The molecule has 5 rings (SSSR count). The van der Waals surface area contributed by atoms with Crippen molar-refractivity contribution < 1.29 is 23.6 Å². The largest absolute Gasteiger partial charge is 0.478 e. The summed E-state index contributed by atoms with van der Waals surface area (Å²) in [5.74, 6) is 0.661. The smallest absolute Gasteiger partial charge is 0.270 e. The zero-order valence-corrected chi connectivity index (χ0v) is 17.7. The van der Waals surface area contributed by atoms with Crippen molar-refractivity contribution in [3.05, 3.63) is 104 Å². The minimum Gasteiger partial charge on any atom is -0.478 e. The van der Waals surface area contributed by atoms with Crippen molar-refractivity contribution in [3.63, 3.8) is 0 Å². The molecule has 3 aromatic rings. The number of ether oxygens (including phenoxy) is 2. The Hall–Kier alpha value is -4.04. The lowest BCUT2D eigenvalue weighted by molar-refractivity contribution is -0.384. The zero-order valence-electron chi connectivity index (χ0n) is 17.7. The second-order valence-electron chi connectivity index (χ2n) is 8.05. The van der Waals surface area contributed by atoms with Crippen molar-refractivity contribution >= 4 is 17.5 Å². The van der Waals surface area contributed by atoms with Gasteiger partial charge in [0.15, 0.2) is 5.76 Å². The van der Waals surface area contributed by atoms with Gasteiger partial charge in [-0.2, -0.15) is 0 Å². The Kier molecular flexibility index (Phi) is 5.14. The van der Waals surface area contributed by atoms with Gasteiger partial charge in [-0.1, -0.05) is 24.3 Å². The van der Waals surface area contributed by atoms with E-state index < -0.39 is 4.92 Å². The Labute approximate surface area is 188 Å². The molecule has 0 saturated carbocycles. The van der Waals surface area contributed by atoms with E-state index in [4.69, 9.17) is 9.47 Å². The van der Waals surface area contributed by atoms with Crippen LogP contribution in [0, 0.1) is 22.9 Å². The highest BCUT2D eigenvalue weighted by Crippen LogP contribution is 2.44. The van der Waals surface area contributed by atoms with Crippen molar-refractivity contribution in [1.82, 2.24) is 4.90 Å². The van der Waals surface area contributed by atoms with E-state index in [2.05, 4.69) is 0 Å². The molecule has 0 N–H and O–H groups in total. The van der Waals surface area contributed by atoms with E-state index in [-0.39, 0.29) is 23.0 Å². The van der Waals surface area contributed by atoms with Crippen LogP contribution in [0.15, 0.2) is 60.4 Å². The summed E-state index contributed by atoms with van der Waals surface area (Å²) >= 11 is 0. The summed E-state index contributed by atoms with van der Waals surface area (Å²) in [7, 11) is 0. The Morgan fingerprint density at radius 3 is 2.73 bits per heavy atom. The quantitative estimate of drug-likeness (QED) is 0.318. The summed E-state index contributed by atoms with van der Waals surface area (Å²) in [4.78, 5) is 25.7. The fraction of sp³-hybridized carbons (Fsp3) is 0.160. The van der Waals surface area contributed by atoms with E-state index in [0.29, 0.717) is 42.4 Å². The zero-order chi connectivity index (χ0) is 23.1. The summed E-state index contributed by atoms with van der Waals surface area (Å²) < 4.78 is 25.2. The number of ketones is 1. The van der Waals surface area contributed by atoms with E-state index in [9.17, 15) is 19.3 Å². The molecule has 0 spiro atoms. The minimum atomic E-state index is -0.484. The maximum absolute atomic E-state index is 13.2. The van der Waals surface area contributed by atoms with E-state index in [1.807, 2.05) is 17.9 Å². The topological polar surface area (TPSA) is 81.9 Å². The lowest BCUT2D eigenvalue weighted by Gasteiger charge is -2.30. The number of hydrogen-bond donors (Lipinski definition) is 0.